The number of carbonyl (C=O) groups is 2. The summed E-state index contributed by atoms with van der Waals surface area (Å²) in [5.74, 6) is 0.220. The SMILES string of the molecule is COc1nc(N)nc2c1ncn2C1CC(CO)C1.COc1nc(N)nc2c1ncn2C1CC(COP(=O)(OCOC(=O)C(C)(C)C)OCOC(=O)C(C)(C)C)C1. The lowest BCUT2D eigenvalue weighted by molar-refractivity contribution is -0.163. The van der Waals surface area contributed by atoms with Crippen LogP contribution in [0.15, 0.2) is 12.7 Å². The lowest BCUT2D eigenvalue weighted by atomic mass is 9.81. The predicted octanol–water partition coefficient (Wildman–Crippen LogP) is 3.98. The summed E-state index contributed by atoms with van der Waals surface area (Å²) in [5, 5.41) is 9.05. The van der Waals surface area contributed by atoms with Crippen LogP contribution < -0.4 is 20.9 Å². The summed E-state index contributed by atoms with van der Waals surface area (Å²) in [6.45, 7) is 8.96. The number of esters is 2. The van der Waals surface area contributed by atoms with Gasteiger partial charge in [0.2, 0.25) is 37.2 Å². The molecular weight excluding hydrogens is 755 g/mol. The summed E-state index contributed by atoms with van der Waals surface area (Å²) in [6, 6.07) is 0.375. The van der Waals surface area contributed by atoms with Gasteiger partial charge in [-0.2, -0.15) is 19.9 Å². The third kappa shape index (κ3) is 9.99. The number of hydrogen-bond acceptors (Lipinski definition) is 19. The summed E-state index contributed by atoms with van der Waals surface area (Å²) in [7, 11) is -1.22. The van der Waals surface area contributed by atoms with Crippen molar-refractivity contribution in [1.29, 1.82) is 0 Å². The van der Waals surface area contributed by atoms with Gasteiger partial charge >= 0.3 is 19.8 Å². The molecule has 0 unspecified atom stereocenters. The first-order valence-electron chi connectivity index (χ1n) is 17.9. The van der Waals surface area contributed by atoms with E-state index < -0.39 is 44.2 Å². The van der Waals surface area contributed by atoms with Crippen molar-refractivity contribution in [1.82, 2.24) is 39.0 Å². The molecule has 0 aliphatic heterocycles. The fraction of sp³-hybridized carbons (Fsp3) is 0.647. The fourth-order valence-corrected chi connectivity index (χ4v) is 6.78. The van der Waals surface area contributed by atoms with Crippen LogP contribution in [-0.4, -0.2) is 97.1 Å². The molecule has 0 bridgehead atoms. The Morgan fingerprint density at radius 2 is 1.14 bits per heavy atom. The molecule has 2 saturated carbocycles. The molecule has 4 aromatic heterocycles. The minimum absolute atomic E-state index is 0.00769. The maximum absolute atomic E-state index is 13.2. The molecule has 0 atom stereocenters. The van der Waals surface area contributed by atoms with Crippen molar-refractivity contribution in [2.24, 2.45) is 22.7 Å². The molecule has 308 valence electrons. The number of phosphoric acid groups is 1. The number of aliphatic hydroxyl groups excluding tert-OH is 1. The van der Waals surface area contributed by atoms with Crippen LogP contribution in [-0.2, 0) is 37.2 Å². The number of nitrogens with zero attached hydrogens (tertiary/aromatic N) is 8. The monoisotopic (exact) mass is 806 g/mol. The van der Waals surface area contributed by atoms with Crippen molar-refractivity contribution in [3.63, 3.8) is 0 Å². The number of ether oxygens (including phenoxy) is 4. The second kappa shape index (κ2) is 17.2. The molecule has 0 radical (unpaired) electrons. The van der Waals surface area contributed by atoms with Gasteiger partial charge in [0, 0.05) is 18.7 Å². The van der Waals surface area contributed by atoms with Crippen molar-refractivity contribution < 1.29 is 51.8 Å². The Hall–Kier alpha value is -4.69. The van der Waals surface area contributed by atoms with Crippen LogP contribution in [0, 0.1) is 22.7 Å². The van der Waals surface area contributed by atoms with Gasteiger partial charge in [-0.05, 0) is 79.1 Å². The highest BCUT2D eigenvalue weighted by Gasteiger charge is 2.37. The largest absolute Gasteiger partial charge is 0.480 e. The molecule has 6 rings (SSSR count). The zero-order valence-corrected chi connectivity index (χ0v) is 33.7. The molecule has 4 aromatic rings. The topological polar surface area (TPSA) is 275 Å². The molecule has 0 aromatic carbocycles. The van der Waals surface area contributed by atoms with Gasteiger partial charge in [0.05, 0.1) is 44.3 Å². The molecule has 2 fully saturated rings. The average Bonchev–Trinajstić information content (AvgIpc) is 3.70. The van der Waals surface area contributed by atoms with E-state index in [4.69, 9.17) is 49.1 Å². The quantitative estimate of drug-likeness (QED) is 0.0923. The number of fused-ring (bicyclic) bond motifs is 2. The standard InChI is InChI=1S/C23H36N5O9P.C11H15N5O2/c1-22(2,3)19(29)33-12-36-38(31,37-13-34-20(30)23(4,5)6)35-10-14-8-15(9-14)28-11-25-16-17(28)26-21(24)27-18(16)32-7;1-18-10-8-9(14-11(12)15-10)16(5-13-8)7-2-6(3-7)4-17/h11,14-15H,8-10,12-13H2,1-7H3,(H2,24,26,27);5-7,17H,2-4H2,1H3,(H2,12,14,15). The van der Waals surface area contributed by atoms with E-state index in [9.17, 15) is 14.2 Å². The molecule has 2 aliphatic carbocycles. The van der Waals surface area contributed by atoms with Gasteiger partial charge < -0.3 is 44.7 Å². The highest BCUT2D eigenvalue weighted by Crippen LogP contribution is 2.52. The number of nitrogen functional groups attached to an aromatic ring is 2. The van der Waals surface area contributed by atoms with Gasteiger partial charge in [-0.15, -0.1) is 0 Å². The molecule has 0 saturated heterocycles. The van der Waals surface area contributed by atoms with Crippen molar-refractivity contribution in [2.45, 2.75) is 79.3 Å². The number of phosphoric ester groups is 1. The molecule has 0 amide bonds. The number of nitrogens with two attached hydrogens (primary N) is 2. The van der Waals surface area contributed by atoms with Crippen molar-refractivity contribution in [3.8, 4) is 11.8 Å². The van der Waals surface area contributed by atoms with E-state index >= 15 is 0 Å². The van der Waals surface area contributed by atoms with Crippen molar-refractivity contribution >= 4 is 54.0 Å². The van der Waals surface area contributed by atoms with Crippen LogP contribution in [0.25, 0.3) is 22.3 Å². The van der Waals surface area contributed by atoms with Crippen LogP contribution in [0.4, 0.5) is 11.9 Å². The number of carbonyl (C=O) groups excluding carboxylic acids is 2. The van der Waals surface area contributed by atoms with Crippen LogP contribution in [0.3, 0.4) is 0 Å². The van der Waals surface area contributed by atoms with Crippen LogP contribution >= 0.6 is 7.82 Å². The van der Waals surface area contributed by atoms with Crippen LogP contribution in [0.5, 0.6) is 11.8 Å². The number of imidazole rings is 2. The Kier molecular flexibility index (Phi) is 13.0. The van der Waals surface area contributed by atoms with E-state index in [1.165, 1.54) is 14.2 Å². The van der Waals surface area contributed by atoms with E-state index in [1.807, 2.05) is 9.13 Å². The van der Waals surface area contributed by atoms with E-state index in [0.717, 1.165) is 12.8 Å². The minimum Gasteiger partial charge on any atom is -0.479 e. The molecule has 22 heteroatoms. The average molecular weight is 807 g/mol. The number of rotatable bonds is 14. The minimum atomic E-state index is -4.23. The summed E-state index contributed by atoms with van der Waals surface area (Å²) in [5.41, 5.74) is 12.3. The number of aromatic nitrogens is 8. The molecule has 4 heterocycles. The van der Waals surface area contributed by atoms with Crippen molar-refractivity contribution in [3.05, 3.63) is 12.7 Å². The molecule has 5 N–H and O–H groups in total. The first kappa shape index (κ1) is 42.5. The highest BCUT2D eigenvalue weighted by atomic mass is 31.2. The molecule has 0 spiro atoms. The van der Waals surface area contributed by atoms with Gasteiger partial charge in [-0.1, -0.05) is 0 Å². The Labute approximate surface area is 323 Å². The zero-order valence-electron chi connectivity index (χ0n) is 32.8. The Morgan fingerprint density at radius 3 is 1.52 bits per heavy atom. The van der Waals surface area contributed by atoms with Gasteiger partial charge in [0.1, 0.15) is 0 Å². The van der Waals surface area contributed by atoms with Crippen LogP contribution in [0.2, 0.25) is 0 Å². The third-order valence-corrected chi connectivity index (χ3v) is 10.5. The van der Waals surface area contributed by atoms with Gasteiger partial charge in [0.25, 0.3) is 0 Å². The lowest BCUT2D eigenvalue weighted by Crippen LogP contribution is -2.30. The highest BCUT2D eigenvalue weighted by molar-refractivity contribution is 7.48. The Morgan fingerprint density at radius 1 is 0.732 bits per heavy atom. The zero-order chi connectivity index (χ0) is 41.0. The van der Waals surface area contributed by atoms with E-state index in [0.29, 0.717) is 58.9 Å². The maximum Gasteiger partial charge on any atom is 0.480 e. The number of anilines is 2. The summed E-state index contributed by atoms with van der Waals surface area (Å²) in [6.07, 6.45) is 6.58. The number of aliphatic hydroxyl groups is 1. The summed E-state index contributed by atoms with van der Waals surface area (Å²) >= 11 is 0. The first-order valence-corrected chi connectivity index (χ1v) is 19.4. The normalized spacial score (nSPS) is 19.7. The third-order valence-electron chi connectivity index (χ3n) is 9.16. The van der Waals surface area contributed by atoms with Crippen molar-refractivity contribution in [2.75, 3.05) is 52.5 Å². The van der Waals surface area contributed by atoms with Gasteiger partial charge in [-0.3, -0.25) is 14.1 Å². The maximum atomic E-state index is 13.2. The fourth-order valence-electron chi connectivity index (χ4n) is 5.80. The number of hydrogen-bond donors (Lipinski definition) is 3. The Balaban J connectivity index is 0.000000275. The second-order valence-corrected chi connectivity index (χ2v) is 17.3. The summed E-state index contributed by atoms with van der Waals surface area (Å²) in [4.78, 5) is 49.2. The summed E-state index contributed by atoms with van der Waals surface area (Å²) < 4.78 is 53.4. The van der Waals surface area contributed by atoms with E-state index in [1.54, 1.807) is 54.2 Å². The van der Waals surface area contributed by atoms with Gasteiger partial charge in [0.15, 0.2) is 22.3 Å². The lowest BCUT2D eigenvalue weighted by Gasteiger charge is -2.36. The molecule has 2 aliphatic rings. The number of methoxy groups -OCH3 is 2. The molecule has 21 nitrogen and oxygen atoms in total. The van der Waals surface area contributed by atoms with Crippen LogP contribution in [0.1, 0.15) is 79.3 Å². The molecular formula is C34H51N10O11P. The predicted molar refractivity (Wildman–Crippen MR) is 200 cm³/mol. The van der Waals surface area contributed by atoms with E-state index in [-0.39, 0.29) is 37.1 Å². The molecule has 56 heavy (non-hydrogen) atoms. The Bertz CT molecular complexity index is 2010. The second-order valence-electron chi connectivity index (χ2n) is 15.6. The van der Waals surface area contributed by atoms with Gasteiger partial charge in [-0.25, -0.2) is 23.6 Å². The van der Waals surface area contributed by atoms with E-state index in [2.05, 4.69) is 29.9 Å². The smallest absolute Gasteiger partial charge is 0.479 e. The first-order chi connectivity index (χ1) is 26.3.